The summed E-state index contributed by atoms with van der Waals surface area (Å²) < 4.78 is 2.21. The van der Waals surface area contributed by atoms with Crippen LogP contribution in [-0.4, -0.2) is 56.8 Å². The number of benzene rings is 1. The first-order chi connectivity index (χ1) is 8.35. The van der Waals surface area contributed by atoms with E-state index in [2.05, 4.69) is 65.4 Å². The van der Waals surface area contributed by atoms with Crippen molar-refractivity contribution in [2.45, 2.75) is 19.9 Å². The maximum absolute atomic E-state index is 2.33. The second kappa shape index (κ2) is 6.35. The van der Waals surface area contributed by atoms with Crippen LogP contribution in [0.3, 0.4) is 0 Å². The van der Waals surface area contributed by atoms with E-state index in [1.165, 1.54) is 31.6 Å². The van der Waals surface area contributed by atoms with Crippen molar-refractivity contribution in [1.29, 1.82) is 0 Å². The molecule has 0 heterocycles. The van der Waals surface area contributed by atoms with Crippen LogP contribution in [0, 0.1) is 0 Å². The molecular weight excluding hydrogens is 220 g/mol. The van der Waals surface area contributed by atoms with Gasteiger partial charge >= 0.3 is 0 Å². The number of nitrogens with zero attached hydrogens (tertiary/aromatic N) is 2. The Balaban J connectivity index is 2.41. The van der Waals surface area contributed by atoms with Crippen LogP contribution in [0.15, 0.2) is 30.3 Å². The van der Waals surface area contributed by atoms with E-state index >= 15 is 0 Å². The molecular formula is C16H30N2+2. The van der Waals surface area contributed by atoms with Crippen molar-refractivity contribution in [3.8, 4) is 0 Å². The highest BCUT2D eigenvalue weighted by Crippen LogP contribution is 2.10. The first kappa shape index (κ1) is 15.2. The van der Waals surface area contributed by atoms with Gasteiger partial charge in [-0.1, -0.05) is 30.3 Å². The van der Waals surface area contributed by atoms with Crippen LogP contribution in [0.1, 0.15) is 18.9 Å². The van der Waals surface area contributed by atoms with E-state index in [1.807, 2.05) is 0 Å². The molecule has 0 fully saturated rings. The highest BCUT2D eigenvalue weighted by Gasteiger charge is 2.18. The van der Waals surface area contributed by atoms with Gasteiger partial charge in [0.25, 0.3) is 0 Å². The molecule has 1 aromatic carbocycles. The van der Waals surface area contributed by atoms with E-state index in [-0.39, 0.29) is 0 Å². The minimum absolute atomic E-state index is 1.08. The molecule has 1 rings (SSSR count). The second-order valence-electron chi connectivity index (χ2n) is 6.63. The van der Waals surface area contributed by atoms with Gasteiger partial charge in [-0.15, -0.1) is 0 Å². The van der Waals surface area contributed by atoms with Crippen molar-refractivity contribution in [1.82, 2.24) is 0 Å². The summed E-state index contributed by atoms with van der Waals surface area (Å²) in [5, 5.41) is 0. The molecule has 0 unspecified atom stereocenters. The fraction of sp³-hybridized carbons (Fsp3) is 0.625. The molecule has 0 aliphatic carbocycles. The Labute approximate surface area is 113 Å². The van der Waals surface area contributed by atoms with Gasteiger partial charge in [0, 0.05) is 12.0 Å². The zero-order valence-corrected chi connectivity index (χ0v) is 12.8. The number of hydrogen-bond donors (Lipinski definition) is 0. The zero-order chi connectivity index (χ0) is 13.6. The average Bonchev–Trinajstić information content (AvgIpc) is 2.29. The van der Waals surface area contributed by atoms with Gasteiger partial charge < -0.3 is 8.97 Å². The molecule has 0 atom stereocenters. The molecule has 0 saturated carbocycles. The van der Waals surface area contributed by atoms with Gasteiger partial charge in [-0.25, -0.2) is 0 Å². The summed E-state index contributed by atoms with van der Waals surface area (Å²) >= 11 is 0. The molecule has 0 aliphatic rings. The third kappa shape index (κ3) is 5.65. The molecule has 0 radical (unpaired) electrons. The summed E-state index contributed by atoms with van der Waals surface area (Å²) in [6.07, 6.45) is 1.29. The lowest BCUT2D eigenvalue weighted by Gasteiger charge is -2.33. The van der Waals surface area contributed by atoms with Gasteiger partial charge in [-0.05, 0) is 6.92 Å². The highest BCUT2D eigenvalue weighted by atomic mass is 15.3. The number of hydrogen-bond acceptors (Lipinski definition) is 0. The van der Waals surface area contributed by atoms with Crippen LogP contribution in [0.5, 0.6) is 0 Å². The molecule has 0 saturated heterocycles. The van der Waals surface area contributed by atoms with Crippen molar-refractivity contribution < 1.29 is 8.97 Å². The van der Waals surface area contributed by atoms with E-state index in [0.717, 1.165) is 15.5 Å². The molecule has 0 bridgehead atoms. The third-order valence-corrected chi connectivity index (χ3v) is 3.84. The van der Waals surface area contributed by atoms with Crippen molar-refractivity contribution in [3.05, 3.63) is 35.9 Å². The minimum Gasteiger partial charge on any atom is -0.329 e. The number of quaternary nitrogens is 2. The van der Waals surface area contributed by atoms with E-state index in [4.69, 9.17) is 0 Å². The van der Waals surface area contributed by atoms with E-state index in [0.29, 0.717) is 0 Å². The summed E-state index contributed by atoms with van der Waals surface area (Å²) in [6.45, 7) is 7.13. The molecule has 0 aliphatic heterocycles. The average molecular weight is 250 g/mol. The quantitative estimate of drug-likeness (QED) is 0.653. The minimum atomic E-state index is 1.08. The van der Waals surface area contributed by atoms with Crippen molar-refractivity contribution in [2.75, 3.05) is 47.8 Å². The zero-order valence-electron chi connectivity index (χ0n) is 12.8. The van der Waals surface area contributed by atoms with Gasteiger partial charge in [-0.2, -0.15) is 0 Å². The number of rotatable bonds is 7. The fourth-order valence-corrected chi connectivity index (χ4v) is 2.24. The summed E-state index contributed by atoms with van der Waals surface area (Å²) in [7, 11) is 9.30. The van der Waals surface area contributed by atoms with E-state index in [1.54, 1.807) is 0 Å². The maximum Gasteiger partial charge on any atom is 0.104 e. The summed E-state index contributed by atoms with van der Waals surface area (Å²) in [6, 6.07) is 10.8. The first-order valence-corrected chi connectivity index (χ1v) is 7.03. The standard InChI is InChI=1S/C16H30N2/c1-6-17(2,3)13-10-14-18(4,5)15-16-11-8-7-9-12-16/h7-9,11-12H,6,10,13-15H2,1-5H3/q+2. The second-order valence-corrected chi connectivity index (χ2v) is 6.63. The Morgan fingerprint density at radius 2 is 1.39 bits per heavy atom. The predicted molar refractivity (Wildman–Crippen MR) is 79.3 cm³/mol. The Kier molecular flexibility index (Phi) is 5.36. The SMILES string of the molecule is CC[N+](C)(C)CCC[N+](C)(C)Cc1ccccc1. The normalized spacial score (nSPS) is 12.7. The van der Waals surface area contributed by atoms with Crippen LogP contribution in [0.2, 0.25) is 0 Å². The summed E-state index contributed by atoms with van der Waals surface area (Å²) in [5.74, 6) is 0. The molecule has 0 amide bonds. The van der Waals surface area contributed by atoms with Gasteiger partial charge in [0.2, 0.25) is 0 Å². The van der Waals surface area contributed by atoms with Gasteiger partial charge in [-0.3, -0.25) is 0 Å². The van der Waals surface area contributed by atoms with Crippen molar-refractivity contribution in [3.63, 3.8) is 0 Å². The monoisotopic (exact) mass is 250 g/mol. The van der Waals surface area contributed by atoms with Crippen LogP contribution in [0.25, 0.3) is 0 Å². The van der Waals surface area contributed by atoms with Crippen LogP contribution in [0.4, 0.5) is 0 Å². The van der Waals surface area contributed by atoms with Gasteiger partial charge in [0.05, 0.1) is 47.8 Å². The molecule has 0 aromatic heterocycles. The Hall–Kier alpha value is -0.860. The topological polar surface area (TPSA) is 0 Å². The molecule has 102 valence electrons. The molecule has 2 nitrogen and oxygen atoms in total. The highest BCUT2D eigenvalue weighted by molar-refractivity contribution is 5.13. The largest absolute Gasteiger partial charge is 0.329 e. The van der Waals surface area contributed by atoms with Crippen LogP contribution in [-0.2, 0) is 6.54 Å². The smallest absolute Gasteiger partial charge is 0.104 e. The first-order valence-electron chi connectivity index (χ1n) is 7.03. The molecule has 0 N–H and O–H groups in total. The summed E-state index contributed by atoms with van der Waals surface area (Å²) in [5.41, 5.74) is 1.44. The summed E-state index contributed by atoms with van der Waals surface area (Å²) in [4.78, 5) is 0. The van der Waals surface area contributed by atoms with E-state index < -0.39 is 0 Å². The van der Waals surface area contributed by atoms with Crippen LogP contribution >= 0.6 is 0 Å². The lowest BCUT2D eigenvalue weighted by atomic mass is 10.2. The van der Waals surface area contributed by atoms with Gasteiger partial charge in [0.1, 0.15) is 6.54 Å². The molecule has 2 heteroatoms. The molecule has 0 spiro atoms. The Bertz CT molecular complexity index is 341. The third-order valence-electron chi connectivity index (χ3n) is 3.84. The lowest BCUT2D eigenvalue weighted by molar-refractivity contribution is -0.916. The Morgan fingerprint density at radius 1 is 0.833 bits per heavy atom. The fourth-order valence-electron chi connectivity index (χ4n) is 2.24. The Morgan fingerprint density at radius 3 is 1.94 bits per heavy atom. The molecule has 18 heavy (non-hydrogen) atoms. The molecule has 1 aromatic rings. The lowest BCUT2D eigenvalue weighted by Crippen LogP contribution is -2.44. The van der Waals surface area contributed by atoms with Crippen LogP contribution < -0.4 is 0 Å². The maximum atomic E-state index is 2.33. The van der Waals surface area contributed by atoms with E-state index in [9.17, 15) is 0 Å². The van der Waals surface area contributed by atoms with Crippen molar-refractivity contribution in [2.24, 2.45) is 0 Å². The van der Waals surface area contributed by atoms with Gasteiger partial charge in [0.15, 0.2) is 0 Å². The predicted octanol–water partition coefficient (Wildman–Crippen LogP) is 2.75. The van der Waals surface area contributed by atoms with Crippen molar-refractivity contribution >= 4 is 0 Å².